The first kappa shape index (κ1) is 18.5. The van der Waals surface area contributed by atoms with Gasteiger partial charge in [-0.15, -0.1) is 11.8 Å². The fraction of sp³-hybridized carbons (Fsp3) is 0.333. The van der Waals surface area contributed by atoms with Gasteiger partial charge in [0.25, 0.3) is 5.91 Å². The summed E-state index contributed by atoms with van der Waals surface area (Å²) in [5.74, 6) is -0.644. The second-order valence-electron chi connectivity index (χ2n) is 6.58. The standard InChI is InChI=1S/C21H23NO3S/c1-14-8-12-18(13-9-14)26-15(2)21(24)25-19(16-6-4-3-5-7-16)20(23)22-17-10-11-17/h3-9,12-13,15,17,19H,10-11H2,1-2H3,(H,22,23)/t15-,19+/m1/s1. The zero-order valence-electron chi connectivity index (χ0n) is 15.0. The molecule has 136 valence electrons. The summed E-state index contributed by atoms with van der Waals surface area (Å²) in [5.41, 5.74) is 1.86. The van der Waals surface area contributed by atoms with Gasteiger partial charge in [0.1, 0.15) is 5.25 Å². The molecule has 0 heterocycles. The van der Waals surface area contributed by atoms with Crippen molar-refractivity contribution in [1.82, 2.24) is 5.32 Å². The Hall–Kier alpha value is -2.27. The monoisotopic (exact) mass is 369 g/mol. The average Bonchev–Trinajstić information content (AvgIpc) is 3.46. The molecule has 0 saturated heterocycles. The lowest BCUT2D eigenvalue weighted by Gasteiger charge is -2.20. The Labute approximate surface area is 158 Å². The Morgan fingerprint density at radius 3 is 2.35 bits per heavy atom. The normalized spacial score (nSPS) is 15.8. The first-order chi connectivity index (χ1) is 12.5. The Kier molecular flexibility index (Phi) is 5.99. The van der Waals surface area contributed by atoms with Crippen LogP contribution in [0.25, 0.3) is 0 Å². The fourth-order valence-electron chi connectivity index (χ4n) is 2.49. The van der Waals surface area contributed by atoms with E-state index in [1.807, 2.05) is 61.5 Å². The highest BCUT2D eigenvalue weighted by Crippen LogP contribution is 2.28. The van der Waals surface area contributed by atoms with Crippen molar-refractivity contribution in [2.24, 2.45) is 0 Å². The molecule has 26 heavy (non-hydrogen) atoms. The molecule has 0 spiro atoms. The summed E-state index contributed by atoms with van der Waals surface area (Å²) < 4.78 is 5.61. The number of hydrogen-bond donors (Lipinski definition) is 1. The lowest BCUT2D eigenvalue weighted by molar-refractivity contribution is -0.155. The summed E-state index contributed by atoms with van der Waals surface area (Å²) in [4.78, 5) is 26.1. The van der Waals surface area contributed by atoms with Crippen LogP contribution >= 0.6 is 11.8 Å². The predicted molar refractivity (Wildman–Crippen MR) is 103 cm³/mol. The van der Waals surface area contributed by atoms with Crippen molar-refractivity contribution in [2.75, 3.05) is 0 Å². The van der Waals surface area contributed by atoms with Crippen molar-refractivity contribution in [3.8, 4) is 0 Å². The molecule has 0 bridgehead atoms. The van der Waals surface area contributed by atoms with E-state index in [4.69, 9.17) is 4.74 Å². The Morgan fingerprint density at radius 1 is 1.08 bits per heavy atom. The zero-order valence-corrected chi connectivity index (χ0v) is 15.8. The SMILES string of the molecule is Cc1ccc(S[C@H](C)C(=O)O[C@H](C(=O)NC2CC2)c2ccccc2)cc1. The van der Waals surface area contributed by atoms with Gasteiger partial charge in [-0.3, -0.25) is 9.59 Å². The first-order valence-electron chi connectivity index (χ1n) is 8.82. The summed E-state index contributed by atoms with van der Waals surface area (Å²) in [5, 5.41) is 2.52. The third-order valence-corrected chi connectivity index (χ3v) is 5.25. The van der Waals surface area contributed by atoms with E-state index in [2.05, 4.69) is 5.32 Å². The number of benzene rings is 2. The number of amides is 1. The molecule has 0 aliphatic heterocycles. The number of thioether (sulfide) groups is 1. The van der Waals surface area contributed by atoms with Crippen LogP contribution in [0, 0.1) is 6.92 Å². The molecule has 1 N–H and O–H groups in total. The maximum atomic E-state index is 12.6. The van der Waals surface area contributed by atoms with Crippen molar-refractivity contribution in [3.05, 3.63) is 65.7 Å². The first-order valence-corrected chi connectivity index (χ1v) is 9.70. The van der Waals surface area contributed by atoms with Gasteiger partial charge in [-0.1, -0.05) is 48.0 Å². The van der Waals surface area contributed by atoms with Crippen LogP contribution < -0.4 is 5.32 Å². The Morgan fingerprint density at radius 2 is 1.73 bits per heavy atom. The molecule has 0 radical (unpaired) electrons. The smallest absolute Gasteiger partial charge is 0.320 e. The minimum atomic E-state index is -0.912. The van der Waals surface area contributed by atoms with Crippen molar-refractivity contribution in [2.45, 2.75) is 49.0 Å². The number of carbonyl (C=O) groups excluding carboxylic acids is 2. The van der Waals surface area contributed by atoms with Crippen LogP contribution in [-0.4, -0.2) is 23.2 Å². The molecular formula is C21H23NO3S. The lowest BCUT2D eigenvalue weighted by atomic mass is 10.1. The zero-order chi connectivity index (χ0) is 18.5. The van der Waals surface area contributed by atoms with Gasteiger partial charge in [-0.2, -0.15) is 0 Å². The van der Waals surface area contributed by atoms with Crippen LogP contribution in [0.3, 0.4) is 0 Å². The summed E-state index contributed by atoms with van der Waals surface area (Å²) in [6, 6.07) is 17.4. The number of esters is 1. The summed E-state index contributed by atoms with van der Waals surface area (Å²) in [6.45, 7) is 3.82. The molecule has 0 unspecified atom stereocenters. The summed E-state index contributed by atoms with van der Waals surface area (Å²) in [7, 11) is 0. The van der Waals surface area contributed by atoms with Crippen molar-refractivity contribution in [1.29, 1.82) is 0 Å². The van der Waals surface area contributed by atoms with E-state index in [1.54, 1.807) is 6.92 Å². The molecule has 1 aliphatic carbocycles. The number of nitrogens with one attached hydrogen (secondary N) is 1. The molecule has 1 fully saturated rings. The molecule has 4 nitrogen and oxygen atoms in total. The van der Waals surface area contributed by atoms with Gasteiger partial charge in [0, 0.05) is 16.5 Å². The minimum absolute atomic E-state index is 0.215. The largest absolute Gasteiger partial charge is 0.446 e. The molecule has 1 amide bonds. The minimum Gasteiger partial charge on any atom is -0.446 e. The van der Waals surface area contributed by atoms with E-state index in [0.717, 1.165) is 17.7 Å². The van der Waals surface area contributed by atoms with Crippen LogP contribution in [-0.2, 0) is 14.3 Å². The number of carbonyl (C=O) groups is 2. The summed E-state index contributed by atoms with van der Waals surface area (Å²) in [6.07, 6.45) is 1.06. The van der Waals surface area contributed by atoms with Crippen molar-refractivity contribution < 1.29 is 14.3 Å². The summed E-state index contributed by atoms with van der Waals surface area (Å²) >= 11 is 1.43. The number of aryl methyl sites for hydroxylation is 1. The molecular weight excluding hydrogens is 346 g/mol. The highest BCUT2D eigenvalue weighted by Gasteiger charge is 2.32. The Bertz CT molecular complexity index is 757. The van der Waals surface area contributed by atoms with E-state index < -0.39 is 17.3 Å². The topological polar surface area (TPSA) is 55.4 Å². The molecule has 2 atom stereocenters. The predicted octanol–water partition coefficient (Wildman–Crippen LogP) is 4.04. The van der Waals surface area contributed by atoms with Crippen LogP contribution in [0.15, 0.2) is 59.5 Å². The van der Waals surface area contributed by atoms with Gasteiger partial charge in [0.15, 0.2) is 0 Å². The maximum absolute atomic E-state index is 12.6. The highest BCUT2D eigenvalue weighted by molar-refractivity contribution is 8.00. The second kappa shape index (κ2) is 8.41. The lowest BCUT2D eigenvalue weighted by Crippen LogP contribution is -2.34. The maximum Gasteiger partial charge on any atom is 0.320 e. The van der Waals surface area contributed by atoms with E-state index >= 15 is 0 Å². The molecule has 2 aromatic carbocycles. The molecule has 2 aromatic rings. The quantitative estimate of drug-likeness (QED) is 0.591. The molecule has 3 rings (SSSR count). The van der Waals surface area contributed by atoms with E-state index in [-0.39, 0.29) is 11.9 Å². The average molecular weight is 369 g/mol. The van der Waals surface area contributed by atoms with E-state index in [0.29, 0.717) is 5.56 Å². The second-order valence-corrected chi connectivity index (χ2v) is 8.00. The molecule has 1 saturated carbocycles. The van der Waals surface area contributed by atoms with Crippen LogP contribution in [0.4, 0.5) is 0 Å². The van der Waals surface area contributed by atoms with Gasteiger partial charge in [-0.05, 0) is 38.8 Å². The molecule has 1 aliphatic rings. The fourth-order valence-corrected chi connectivity index (χ4v) is 3.34. The molecule has 5 heteroatoms. The van der Waals surface area contributed by atoms with Gasteiger partial charge in [-0.25, -0.2) is 0 Å². The third-order valence-electron chi connectivity index (χ3n) is 4.16. The van der Waals surface area contributed by atoms with Gasteiger partial charge in [0.2, 0.25) is 6.10 Å². The third kappa shape index (κ3) is 5.11. The van der Waals surface area contributed by atoms with Crippen molar-refractivity contribution in [3.63, 3.8) is 0 Å². The number of ether oxygens (including phenoxy) is 1. The number of rotatable bonds is 7. The highest BCUT2D eigenvalue weighted by atomic mass is 32.2. The Balaban J connectivity index is 1.67. The van der Waals surface area contributed by atoms with Crippen LogP contribution in [0.5, 0.6) is 0 Å². The van der Waals surface area contributed by atoms with Gasteiger partial charge in [0.05, 0.1) is 0 Å². The van der Waals surface area contributed by atoms with E-state index in [9.17, 15) is 9.59 Å². The van der Waals surface area contributed by atoms with Crippen molar-refractivity contribution >= 4 is 23.6 Å². The van der Waals surface area contributed by atoms with Crippen LogP contribution in [0.1, 0.15) is 37.0 Å². The number of hydrogen-bond acceptors (Lipinski definition) is 4. The molecule has 0 aromatic heterocycles. The van der Waals surface area contributed by atoms with E-state index in [1.165, 1.54) is 17.3 Å². The van der Waals surface area contributed by atoms with Crippen LogP contribution in [0.2, 0.25) is 0 Å². The van der Waals surface area contributed by atoms with Gasteiger partial charge >= 0.3 is 5.97 Å². The van der Waals surface area contributed by atoms with Gasteiger partial charge < -0.3 is 10.1 Å².